The quantitative estimate of drug-likeness (QED) is 0.626. The highest BCUT2D eigenvalue weighted by Crippen LogP contribution is 2.11. The minimum absolute atomic E-state index is 0.0751. The van der Waals surface area contributed by atoms with Crippen molar-refractivity contribution in [2.45, 2.75) is 25.8 Å². The normalized spacial score (nSPS) is 20.4. The number of nitrogens with zero attached hydrogens (tertiary/aromatic N) is 1. The molecule has 1 atom stereocenters. The zero-order valence-corrected chi connectivity index (χ0v) is 8.99. The van der Waals surface area contributed by atoms with E-state index in [0.29, 0.717) is 0 Å². The Labute approximate surface area is 85.2 Å². The van der Waals surface area contributed by atoms with Crippen molar-refractivity contribution >= 4 is 5.97 Å². The zero-order valence-electron chi connectivity index (χ0n) is 8.99. The minimum Gasteiger partial charge on any atom is -0.468 e. The Hall–Kier alpha value is -0.610. The predicted molar refractivity (Wildman–Crippen MR) is 53.1 cm³/mol. The molecule has 1 aliphatic heterocycles. The summed E-state index contributed by atoms with van der Waals surface area (Å²) < 4.78 is 10.0. The van der Waals surface area contributed by atoms with Gasteiger partial charge in [-0.3, -0.25) is 9.69 Å². The first-order chi connectivity index (χ1) is 6.79. The van der Waals surface area contributed by atoms with Crippen LogP contribution in [0.25, 0.3) is 0 Å². The summed E-state index contributed by atoms with van der Waals surface area (Å²) in [6, 6.07) is -0.0751. The largest absolute Gasteiger partial charge is 0.468 e. The summed E-state index contributed by atoms with van der Waals surface area (Å²) in [6.07, 6.45) is 1.86. The van der Waals surface area contributed by atoms with Crippen LogP contribution in [0.4, 0.5) is 0 Å². The van der Waals surface area contributed by atoms with Crippen molar-refractivity contribution in [3.63, 3.8) is 0 Å². The molecule has 14 heavy (non-hydrogen) atoms. The number of carbonyl (C=O) groups excluding carboxylic acids is 1. The van der Waals surface area contributed by atoms with E-state index in [1.807, 2.05) is 0 Å². The third-order valence-corrected chi connectivity index (χ3v) is 2.52. The van der Waals surface area contributed by atoms with Crippen LogP contribution < -0.4 is 0 Å². The molecule has 1 aliphatic rings. The maximum Gasteiger partial charge on any atom is 0.323 e. The lowest BCUT2D eigenvalue weighted by Gasteiger charge is -2.32. The third kappa shape index (κ3) is 2.96. The van der Waals surface area contributed by atoms with Crippen LogP contribution in [0.3, 0.4) is 0 Å². The molecule has 0 aliphatic carbocycles. The van der Waals surface area contributed by atoms with E-state index in [2.05, 4.69) is 11.8 Å². The molecule has 1 fully saturated rings. The van der Waals surface area contributed by atoms with E-state index in [9.17, 15) is 4.79 Å². The van der Waals surface area contributed by atoms with E-state index in [4.69, 9.17) is 9.47 Å². The van der Waals surface area contributed by atoms with E-state index in [-0.39, 0.29) is 12.0 Å². The summed E-state index contributed by atoms with van der Waals surface area (Å²) in [4.78, 5) is 13.6. The van der Waals surface area contributed by atoms with Crippen LogP contribution in [-0.4, -0.2) is 50.3 Å². The predicted octanol–water partition coefficient (Wildman–Crippen LogP) is 0.660. The number of methoxy groups -OCH3 is 1. The van der Waals surface area contributed by atoms with Gasteiger partial charge in [-0.05, 0) is 6.42 Å². The number of esters is 1. The fourth-order valence-electron chi connectivity index (χ4n) is 1.75. The fourth-order valence-corrected chi connectivity index (χ4v) is 1.75. The minimum atomic E-state index is -0.117. The molecule has 0 radical (unpaired) electrons. The first-order valence-electron chi connectivity index (χ1n) is 5.19. The molecule has 1 heterocycles. The van der Waals surface area contributed by atoms with Crippen LogP contribution in [0.2, 0.25) is 0 Å². The summed E-state index contributed by atoms with van der Waals surface area (Å²) in [5, 5.41) is 0. The first-order valence-corrected chi connectivity index (χ1v) is 5.19. The second kappa shape index (κ2) is 5.98. The van der Waals surface area contributed by atoms with Crippen LogP contribution >= 0.6 is 0 Å². The summed E-state index contributed by atoms with van der Waals surface area (Å²) >= 11 is 0. The van der Waals surface area contributed by atoms with Crippen molar-refractivity contribution in [3.8, 4) is 0 Å². The van der Waals surface area contributed by atoms with Gasteiger partial charge in [-0.25, -0.2) is 0 Å². The Balaban J connectivity index is 2.50. The molecule has 0 aromatic carbocycles. The first kappa shape index (κ1) is 11.5. The molecule has 82 valence electrons. The van der Waals surface area contributed by atoms with Gasteiger partial charge in [0, 0.05) is 13.1 Å². The van der Waals surface area contributed by atoms with Gasteiger partial charge in [-0.15, -0.1) is 0 Å². The van der Waals surface area contributed by atoms with Crippen LogP contribution in [0.1, 0.15) is 19.8 Å². The Bertz CT molecular complexity index is 178. The highest BCUT2D eigenvalue weighted by molar-refractivity contribution is 5.75. The van der Waals surface area contributed by atoms with Gasteiger partial charge in [0.25, 0.3) is 0 Å². The molecule has 0 bridgehead atoms. The molecule has 0 spiro atoms. The van der Waals surface area contributed by atoms with E-state index in [1.54, 1.807) is 0 Å². The lowest BCUT2D eigenvalue weighted by atomic mass is 10.1. The number of morpholine rings is 1. The highest BCUT2D eigenvalue weighted by atomic mass is 16.5. The summed E-state index contributed by atoms with van der Waals surface area (Å²) in [5.74, 6) is -0.117. The molecule has 4 heteroatoms. The van der Waals surface area contributed by atoms with Crippen molar-refractivity contribution in [2.75, 3.05) is 33.4 Å². The average Bonchev–Trinajstić information content (AvgIpc) is 2.26. The van der Waals surface area contributed by atoms with E-state index < -0.39 is 0 Å². The second-order valence-electron chi connectivity index (χ2n) is 3.48. The third-order valence-electron chi connectivity index (χ3n) is 2.52. The second-order valence-corrected chi connectivity index (χ2v) is 3.48. The lowest BCUT2D eigenvalue weighted by Crippen LogP contribution is -2.47. The van der Waals surface area contributed by atoms with Gasteiger partial charge < -0.3 is 9.47 Å². The van der Waals surface area contributed by atoms with Gasteiger partial charge in [0.2, 0.25) is 0 Å². The Morgan fingerprint density at radius 1 is 1.50 bits per heavy atom. The monoisotopic (exact) mass is 201 g/mol. The summed E-state index contributed by atoms with van der Waals surface area (Å²) in [5.41, 5.74) is 0. The van der Waals surface area contributed by atoms with Crippen molar-refractivity contribution in [2.24, 2.45) is 0 Å². The number of hydrogen-bond acceptors (Lipinski definition) is 4. The maximum atomic E-state index is 11.5. The number of carbonyl (C=O) groups is 1. The Morgan fingerprint density at radius 2 is 2.14 bits per heavy atom. The maximum absolute atomic E-state index is 11.5. The van der Waals surface area contributed by atoms with Crippen molar-refractivity contribution in [1.82, 2.24) is 4.90 Å². The molecule has 0 aromatic rings. The van der Waals surface area contributed by atoms with Crippen LogP contribution in [0.15, 0.2) is 0 Å². The van der Waals surface area contributed by atoms with Gasteiger partial charge in [0.1, 0.15) is 6.04 Å². The van der Waals surface area contributed by atoms with E-state index in [0.717, 1.165) is 39.1 Å². The fraction of sp³-hybridized carbons (Fsp3) is 0.900. The molecule has 0 saturated carbocycles. The number of rotatable bonds is 4. The van der Waals surface area contributed by atoms with E-state index >= 15 is 0 Å². The molecule has 1 unspecified atom stereocenters. The Morgan fingerprint density at radius 3 is 2.64 bits per heavy atom. The molecular weight excluding hydrogens is 182 g/mol. The van der Waals surface area contributed by atoms with Crippen LogP contribution in [-0.2, 0) is 14.3 Å². The SMILES string of the molecule is CCCC(C(=O)OC)N1CCOCC1. The lowest BCUT2D eigenvalue weighted by molar-refractivity contribution is -0.149. The van der Waals surface area contributed by atoms with Gasteiger partial charge >= 0.3 is 5.97 Å². The van der Waals surface area contributed by atoms with Gasteiger partial charge in [-0.2, -0.15) is 0 Å². The molecular formula is C10H19NO3. The topological polar surface area (TPSA) is 38.8 Å². The van der Waals surface area contributed by atoms with Gasteiger partial charge in [-0.1, -0.05) is 13.3 Å². The van der Waals surface area contributed by atoms with Crippen LogP contribution in [0, 0.1) is 0 Å². The molecule has 0 amide bonds. The summed E-state index contributed by atoms with van der Waals surface area (Å²) in [7, 11) is 1.45. The zero-order chi connectivity index (χ0) is 10.4. The van der Waals surface area contributed by atoms with Gasteiger partial charge in [0.15, 0.2) is 0 Å². The van der Waals surface area contributed by atoms with Crippen molar-refractivity contribution < 1.29 is 14.3 Å². The summed E-state index contributed by atoms with van der Waals surface area (Å²) in [6.45, 7) is 5.18. The number of ether oxygens (including phenoxy) is 2. The molecule has 1 rings (SSSR count). The van der Waals surface area contributed by atoms with Crippen molar-refractivity contribution in [3.05, 3.63) is 0 Å². The number of hydrogen-bond donors (Lipinski definition) is 0. The Kier molecular flexibility index (Phi) is 4.90. The smallest absolute Gasteiger partial charge is 0.323 e. The highest BCUT2D eigenvalue weighted by Gasteiger charge is 2.26. The molecule has 4 nitrogen and oxygen atoms in total. The van der Waals surface area contributed by atoms with E-state index in [1.165, 1.54) is 7.11 Å². The molecule has 0 aromatic heterocycles. The average molecular weight is 201 g/mol. The standard InChI is InChI=1S/C10H19NO3/c1-3-4-9(10(12)13-2)11-5-7-14-8-6-11/h9H,3-8H2,1-2H3. The van der Waals surface area contributed by atoms with Crippen LogP contribution in [0.5, 0.6) is 0 Å². The molecule has 1 saturated heterocycles. The van der Waals surface area contributed by atoms with Crippen molar-refractivity contribution in [1.29, 1.82) is 0 Å². The van der Waals surface area contributed by atoms with Gasteiger partial charge in [0.05, 0.1) is 20.3 Å². The molecule has 0 N–H and O–H groups in total.